The molecular formula is C17H16N2O3S. The highest BCUT2D eigenvalue weighted by Crippen LogP contribution is 2.34. The number of nitrogens with one attached hydrogen (secondary N) is 1. The quantitative estimate of drug-likeness (QED) is 0.936. The Hall–Kier alpha value is -2.21. The highest BCUT2D eigenvalue weighted by atomic mass is 32.2. The van der Waals surface area contributed by atoms with E-state index < -0.39 is 0 Å². The average molecular weight is 328 g/mol. The first-order valence-corrected chi connectivity index (χ1v) is 8.59. The molecule has 1 fully saturated rings. The maximum absolute atomic E-state index is 12.9. The van der Waals surface area contributed by atoms with Gasteiger partial charge in [0, 0.05) is 16.5 Å². The Morgan fingerprint density at radius 2 is 2.22 bits per heavy atom. The van der Waals surface area contributed by atoms with Crippen LogP contribution in [0.1, 0.15) is 29.0 Å². The Labute approximate surface area is 138 Å². The third-order valence-electron chi connectivity index (χ3n) is 4.01. The summed E-state index contributed by atoms with van der Waals surface area (Å²) in [7, 11) is 0. The monoisotopic (exact) mass is 328 g/mol. The number of fused-ring (bicyclic) bond motifs is 1. The Balaban J connectivity index is 1.59. The highest BCUT2D eigenvalue weighted by Gasteiger charge is 2.34. The van der Waals surface area contributed by atoms with E-state index in [0.29, 0.717) is 17.9 Å². The number of amides is 2. The molecule has 1 N–H and O–H groups in total. The number of carbonyl (C=O) groups is 2. The van der Waals surface area contributed by atoms with Gasteiger partial charge in [0.2, 0.25) is 5.91 Å². The van der Waals surface area contributed by atoms with E-state index in [0.717, 1.165) is 29.2 Å². The molecule has 23 heavy (non-hydrogen) atoms. The molecule has 2 amide bonds. The fourth-order valence-corrected chi connectivity index (χ4v) is 3.49. The van der Waals surface area contributed by atoms with Gasteiger partial charge in [-0.1, -0.05) is 0 Å². The van der Waals surface area contributed by atoms with Crippen LogP contribution in [-0.2, 0) is 11.3 Å². The van der Waals surface area contributed by atoms with Gasteiger partial charge < -0.3 is 14.6 Å². The summed E-state index contributed by atoms with van der Waals surface area (Å²) in [6, 6.07) is 9.52. The van der Waals surface area contributed by atoms with Gasteiger partial charge in [0.25, 0.3) is 5.91 Å². The molecule has 1 saturated carbocycles. The first-order valence-electron chi connectivity index (χ1n) is 7.61. The highest BCUT2D eigenvalue weighted by molar-refractivity contribution is 8.00. The van der Waals surface area contributed by atoms with E-state index in [2.05, 4.69) is 5.32 Å². The van der Waals surface area contributed by atoms with Crippen LogP contribution >= 0.6 is 11.8 Å². The van der Waals surface area contributed by atoms with Crippen molar-refractivity contribution in [2.45, 2.75) is 30.3 Å². The summed E-state index contributed by atoms with van der Waals surface area (Å²) in [5.41, 5.74) is 1.33. The molecule has 6 heteroatoms. The van der Waals surface area contributed by atoms with Crippen LogP contribution < -0.4 is 5.32 Å². The molecule has 0 saturated heterocycles. The van der Waals surface area contributed by atoms with Gasteiger partial charge in [-0.25, -0.2) is 0 Å². The number of nitrogens with zero attached hydrogens (tertiary/aromatic N) is 1. The van der Waals surface area contributed by atoms with Crippen LogP contribution in [0.5, 0.6) is 0 Å². The van der Waals surface area contributed by atoms with E-state index >= 15 is 0 Å². The van der Waals surface area contributed by atoms with Crippen molar-refractivity contribution in [1.82, 2.24) is 4.90 Å². The van der Waals surface area contributed by atoms with E-state index in [9.17, 15) is 9.59 Å². The molecule has 118 valence electrons. The van der Waals surface area contributed by atoms with Crippen molar-refractivity contribution in [2.24, 2.45) is 0 Å². The van der Waals surface area contributed by atoms with Gasteiger partial charge in [0.15, 0.2) is 0 Å². The zero-order valence-corrected chi connectivity index (χ0v) is 13.3. The van der Waals surface area contributed by atoms with Gasteiger partial charge in [-0.3, -0.25) is 9.59 Å². The van der Waals surface area contributed by atoms with Gasteiger partial charge in [-0.15, -0.1) is 11.8 Å². The first kappa shape index (κ1) is 14.4. The number of benzene rings is 1. The Bertz CT molecular complexity index is 753. The molecule has 1 aromatic heterocycles. The summed E-state index contributed by atoms with van der Waals surface area (Å²) >= 11 is 1.50. The number of hydrogen-bond acceptors (Lipinski definition) is 4. The SMILES string of the molecule is O=C1CSc2ccc(C(=O)N(Cc3ccco3)C3CC3)cc2N1. The number of rotatable bonds is 4. The lowest BCUT2D eigenvalue weighted by Crippen LogP contribution is -2.32. The molecule has 2 heterocycles. The lowest BCUT2D eigenvalue weighted by atomic mass is 10.1. The minimum absolute atomic E-state index is 0.0171. The summed E-state index contributed by atoms with van der Waals surface area (Å²) < 4.78 is 5.38. The summed E-state index contributed by atoms with van der Waals surface area (Å²) in [5, 5.41) is 2.84. The Kier molecular flexibility index (Phi) is 3.61. The number of thioether (sulfide) groups is 1. The largest absolute Gasteiger partial charge is 0.467 e. The van der Waals surface area contributed by atoms with Gasteiger partial charge in [-0.2, -0.15) is 0 Å². The summed E-state index contributed by atoms with van der Waals surface area (Å²) in [5.74, 6) is 1.16. The summed E-state index contributed by atoms with van der Waals surface area (Å²) in [6.45, 7) is 0.481. The molecule has 2 aromatic rings. The van der Waals surface area contributed by atoms with E-state index in [-0.39, 0.29) is 17.9 Å². The van der Waals surface area contributed by atoms with E-state index in [1.54, 1.807) is 12.3 Å². The van der Waals surface area contributed by atoms with Crippen LogP contribution in [0.2, 0.25) is 0 Å². The smallest absolute Gasteiger partial charge is 0.254 e. The number of carbonyl (C=O) groups excluding carboxylic acids is 2. The van der Waals surface area contributed by atoms with Crippen molar-refractivity contribution in [3.05, 3.63) is 47.9 Å². The standard InChI is InChI=1S/C17H16N2O3S/c20-16-10-23-15-6-3-11(8-14(15)18-16)17(21)19(12-4-5-12)9-13-2-1-7-22-13/h1-3,6-8,12H,4-5,9-10H2,(H,18,20). The molecule has 0 bridgehead atoms. The third-order valence-corrected chi connectivity index (χ3v) is 5.09. The van der Waals surface area contributed by atoms with Crippen molar-refractivity contribution in [3.63, 3.8) is 0 Å². The molecule has 1 aliphatic carbocycles. The van der Waals surface area contributed by atoms with Crippen molar-refractivity contribution >= 4 is 29.3 Å². The zero-order valence-electron chi connectivity index (χ0n) is 12.5. The second-order valence-electron chi connectivity index (χ2n) is 5.79. The summed E-state index contributed by atoms with van der Waals surface area (Å²) in [4.78, 5) is 27.3. The van der Waals surface area contributed by atoms with Crippen LogP contribution in [0.3, 0.4) is 0 Å². The third kappa shape index (κ3) is 2.99. The minimum Gasteiger partial charge on any atom is -0.467 e. The minimum atomic E-state index is -0.0262. The predicted octanol–water partition coefficient (Wildman–Crippen LogP) is 3.13. The second-order valence-corrected chi connectivity index (χ2v) is 6.81. The molecule has 5 nitrogen and oxygen atoms in total. The molecule has 1 aromatic carbocycles. The first-order chi connectivity index (χ1) is 11.2. The van der Waals surface area contributed by atoms with Crippen molar-refractivity contribution in [2.75, 3.05) is 11.1 Å². The molecule has 2 aliphatic rings. The normalized spacial score (nSPS) is 16.6. The van der Waals surface area contributed by atoms with Crippen LogP contribution in [0, 0.1) is 0 Å². The lowest BCUT2D eigenvalue weighted by molar-refractivity contribution is -0.113. The van der Waals surface area contributed by atoms with E-state index in [1.165, 1.54) is 11.8 Å². The topological polar surface area (TPSA) is 62.6 Å². The van der Waals surface area contributed by atoms with Crippen molar-refractivity contribution in [3.8, 4) is 0 Å². The molecule has 0 unspecified atom stereocenters. The van der Waals surface area contributed by atoms with Crippen LogP contribution in [-0.4, -0.2) is 28.5 Å². The van der Waals surface area contributed by atoms with Crippen molar-refractivity contribution in [1.29, 1.82) is 0 Å². The summed E-state index contributed by atoms with van der Waals surface area (Å²) in [6.07, 6.45) is 3.69. The average Bonchev–Trinajstić information content (AvgIpc) is 3.27. The van der Waals surface area contributed by atoms with E-state index in [1.807, 2.05) is 29.2 Å². The van der Waals surface area contributed by atoms with Gasteiger partial charge in [0.1, 0.15) is 5.76 Å². The molecule has 0 spiro atoms. The van der Waals surface area contributed by atoms with Gasteiger partial charge in [0.05, 0.1) is 24.2 Å². The predicted molar refractivity (Wildman–Crippen MR) is 87.4 cm³/mol. The molecule has 4 rings (SSSR count). The van der Waals surface area contributed by atoms with Crippen LogP contribution in [0.4, 0.5) is 5.69 Å². The maximum atomic E-state index is 12.9. The van der Waals surface area contributed by atoms with Crippen LogP contribution in [0.25, 0.3) is 0 Å². The fraction of sp³-hybridized carbons (Fsp3) is 0.294. The number of hydrogen-bond donors (Lipinski definition) is 1. The number of furan rings is 1. The van der Waals surface area contributed by atoms with E-state index in [4.69, 9.17) is 4.42 Å². The van der Waals surface area contributed by atoms with Crippen LogP contribution in [0.15, 0.2) is 45.9 Å². The molecule has 1 aliphatic heterocycles. The number of anilines is 1. The lowest BCUT2D eigenvalue weighted by Gasteiger charge is -2.23. The molecule has 0 atom stereocenters. The van der Waals surface area contributed by atoms with Crippen molar-refractivity contribution < 1.29 is 14.0 Å². The Morgan fingerprint density at radius 1 is 1.35 bits per heavy atom. The second kappa shape index (κ2) is 5.77. The van der Waals surface area contributed by atoms with Gasteiger partial charge >= 0.3 is 0 Å². The molecule has 0 radical (unpaired) electrons. The zero-order chi connectivity index (χ0) is 15.8. The Morgan fingerprint density at radius 3 is 2.96 bits per heavy atom. The maximum Gasteiger partial charge on any atom is 0.254 e. The van der Waals surface area contributed by atoms with Gasteiger partial charge in [-0.05, 0) is 43.2 Å². The molecular weight excluding hydrogens is 312 g/mol. The fourth-order valence-electron chi connectivity index (χ4n) is 2.71.